The van der Waals surface area contributed by atoms with Gasteiger partial charge in [-0.05, 0) is 78.8 Å². The van der Waals surface area contributed by atoms with Gasteiger partial charge < -0.3 is 35.1 Å². The molecule has 436 valence electrons. The number of piperazine rings is 1. The highest BCUT2D eigenvalue weighted by atomic mass is 32.1. The van der Waals surface area contributed by atoms with E-state index in [2.05, 4.69) is 27.8 Å². The van der Waals surface area contributed by atoms with Crippen LogP contribution in [0, 0.1) is 17.3 Å². The van der Waals surface area contributed by atoms with Crippen LogP contribution in [0.15, 0.2) is 72.8 Å². The van der Waals surface area contributed by atoms with E-state index >= 15 is 0 Å². The van der Waals surface area contributed by atoms with Gasteiger partial charge in [-0.25, -0.2) is 0 Å². The van der Waals surface area contributed by atoms with Crippen LogP contribution >= 0.6 is 18.9 Å². The predicted octanol–water partition coefficient (Wildman–Crippen LogP) is 6.80. The highest BCUT2D eigenvalue weighted by Crippen LogP contribution is 2.59. The van der Waals surface area contributed by atoms with Crippen molar-refractivity contribution in [3.05, 3.63) is 105 Å². The Morgan fingerprint density at radius 1 is 0.829 bits per heavy atom. The fourth-order valence-electron chi connectivity index (χ4n) is 10.9. The van der Waals surface area contributed by atoms with E-state index in [9.17, 15) is 66.3 Å². The molecule has 3 aromatic carbocycles. The predicted molar refractivity (Wildman–Crippen MR) is 300 cm³/mol. The smallest absolute Gasteiger partial charge is 0.356 e. The van der Waals surface area contributed by atoms with Crippen LogP contribution in [-0.2, 0) is 39.0 Å². The third kappa shape index (κ3) is 14.0. The summed E-state index contributed by atoms with van der Waals surface area (Å²) in [6, 6.07) is 15.6. The van der Waals surface area contributed by atoms with E-state index in [0.717, 1.165) is 78.9 Å². The molecule has 5 N–H and O–H groups in total. The van der Waals surface area contributed by atoms with Gasteiger partial charge in [0, 0.05) is 67.3 Å². The number of amides is 9. The molecule has 4 aliphatic rings. The number of benzene rings is 3. The molecule has 3 saturated heterocycles. The summed E-state index contributed by atoms with van der Waals surface area (Å²) in [4.78, 5) is 145. The lowest BCUT2D eigenvalue weighted by Gasteiger charge is -2.45. The average molecular weight is 1170 g/mol. The summed E-state index contributed by atoms with van der Waals surface area (Å²) in [6.07, 6.45) is 7.90. The quantitative estimate of drug-likeness (QED) is 0.0214. The first-order chi connectivity index (χ1) is 38.9. The molecule has 0 aliphatic carbocycles. The summed E-state index contributed by atoms with van der Waals surface area (Å²) in [6.45, 7) is 6.11. The Hall–Kier alpha value is -7.18. The minimum atomic E-state index is -5.86. The number of hydrogen-bond donors (Lipinski definition) is 5. The number of rotatable bonds is 19. The van der Waals surface area contributed by atoms with Crippen LogP contribution in [-0.4, -0.2) is 140 Å². The molecule has 4 aromatic rings. The number of unbranched alkanes of at least 4 members (excludes halogenated alkanes) is 7. The molecule has 4 aliphatic heterocycles. The lowest BCUT2D eigenvalue weighted by Crippen LogP contribution is -2.66. The second kappa shape index (κ2) is 25.9. The van der Waals surface area contributed by atoms with Gasteiger partial charge in [-0.1, -0.05) is 107 Å². The Balaban J connectivity index is 0.815. The molecule has 3 fully saturated rings. The third-order valence-electron chi connectivity index (χ3n) is 15.5. The summed E-state index contributed by atoms with van der Waals surface area (Å²) in [5.41, 5.74) is -4.49. The molecule has 0 radical (unpaired) electrons. The largest absolute Gasteiger partial charge is 0.399 e. The molecule has 23 heteroatoms. The van der Waals surface area contributed by atoms with Crippen LogP contribution in [0.25, 0.3) is 10.1 Å². The van der Waals surface area contributed by atoms with Gasteiger partial charge >= 0.3 is 13.3 Å². The molecule has 82 heavy (non-hydrogen) atoms. The number of nitrogens with zero attached hydrogens (tertiary/aromatic N) is 4. The minimum Gasteiger partial charge on any atom is -0.356 e. The fraction of sp³-hybridized carbons (Fsp3) is 0.475. The molecule has 5 heterocycles. The van der Waals surface area contributed by atoms with Crippen molar-refractivity contribution in [3.8, 4) is 11.8 Å². The number of thiophene rings is 1. The standard InChI is InChI=1S/C59H68F2N7O12PS/c1-58(2,3)51(64-53(73)46-33-40-32-41(24-26-45(40)82-46)59(60,61)81(78,79)80)57(77)67-31-30-65(36-44(67)55(75)66-29-17-22-39(35-66)37-18-13-11-14-19-37)49(71)34-48(70)62-28-15-10-8-6-4-5-7-9-12-20-38-21-16-23-42-50(38)56(76)68(54(42)74)43-25-27-47(69)63-52(43)72/h11,13-14,16,18-19,21,23-24,26,32-33,39,43-44,51H,4-10,15,17,22,25,27-31,34-36H2,1-3H3,(H,62,70)(H,64,73)(H,63,69,72)(H2,78,79,80)/t39-,43?,44-,51+/m0/s1. The van der Waals surface area contributed by atoms with Crippen LogP contribution in [0.1, 0.15) is 157 Å². The van der Waals surface area contributed by atoms with Gasteiger partial charge in [0.25, 0.3) is 17.7 Å². The van der Waals surface area contributed by atoms with E-state index in [1.54, 1.807) is 37.8 Å². The van der Waals surface area contributed by atoms with Crippen molar-refractivity contribution in [2.45, 2.75) is 134 Å². The van der Waals surface area contributed by atoms with E-state index in [4.69, 9.17) is 0 Å². The van der Waals surface area contributed by atoms with Crippen molar-refractivity contribution in [2.24, 2.45) is 5.41 Å². The summed E-state index contributed by atoms with van der Waals surface area (Å²) in [5.74, 6) is 1.24. The summed E-state index contributed by atoms with van der Waals surface area (Å²) < 4.78 is 41.2. The van der Waals surface area contributed by atoms with Gasteiger partial charge in [0.05, 0.1) is 22.5 Å². The molecule has 0 bridgehead atoms. The SMILES string of the molecule is CC(C)(C)[C@H](NC(=O)c1cc2cc(C(F)(F)P(=O)(O)O)ccc2s1)C(=O)N1CCN(C(=O)CC(=O)NCCCCCCCCCC#Cc2cccc3c2C(=O)N(C2CCC(=O)NC2=O)C3=O)C[C@H]1C(=O)N1CCC[C@H](c2ccccc2)C1. The maximum Gasteiger partial charge on any atom is 0.399 e. The van der Waals surface area contributed by atoms with Crippen molar-refractivity contribution in [1.29, 1.82) is 0 Å². The van der Waals surface area contributed by atoms with Gasteiger partial charge in [-0.2, -0.15) is 8.78 Å². The zero-order valence-electron chi connectivity index (χ0n) is 46.0. The summed E-state index contributed by atoms with van der Waals surface area (Å²) in [5, 5.41) is 7.98. The molecule has 9 amide bonds. The number of likely N-dealkylation sites (tertiary alicyclic amines) is 1. The highest BCUT2D eigenvalue weighted by molar-refractivity contribution is 7.52. The second-order valence-electron chi connectivity index (χ2n) is 22.4. The topological polar surface area (TPSA) is 260 Å². The average Bonchev–Trinajstić information content (AvgIpc) is 3.90. The first-order valence-electron chi connectivity index (χ1n) is 27.7. The van der Waals surface area contributed by atoms with E-state index in [-0.39, 0.29) is 65.7 Å². The van der Waals surface area contributed by atoms with Crippen LogP contribution in [0.4, 0.5) is 8.78 Å². The normalized spacial score (nSPS) is 19.1. The van der Waals surface area contributed by atoms with Crippen molar-refractivity contribution in [2.75, 3.05) is 39.3 Å². The van der Waals surface area contributed by atoms with Crippen LogP contribution < -0.4 is 16.0 Å². The van der Waals surface area contributed by atoms with Gasteiger partial charge in [0.15, 0.2) is 0 Å². The molecule has 0 saturated carbocycles. The van der Waals surface area contributed by atoms with Gasteiger partial charge in [-0.3, -0.25) is 57.9 Å². The molecule has 0 spiro atoms. The third-order valence-corrected chi connectivity index (χ3v) is 17.6. The first kappa shape index (κ1) is 60.9. The number of nitrogens with one attached hydrogen (secondary N) is 3. The van der Waals surface area contributed by atoms with Crippen molar-refractivity contribution >= 4 is 82.2 Å². The Morgan fingerprint density at radius 3 is 2.26 bits per heavy atom. The van der Waals surface area contributed by atoms with E-state index in [0.29, 0.717) is 49.2 Å². The van der Waals surface area contributed by atoms with Crippen LogP contribution in [0.5, 0.6) is 0 Å². The lowest BCUT2D eigenvalue weighted by atomic mass is 9.85. The van der Waals surface area contributed by atoms with Crippen molar-refractivity contribution < 1.29 is 66.3 Å². The van der Waals surface area contributed by atoms with Gasteiger partial charge in [0.1, 0.15) is 24.5 Å². The van der Waals surface area contributed by atoms with Gasteiger partial charge in [-0.15, -0.1) is 11.3 Å². The second-order valence-corrected chi connectivity index (χ2v) is 25.1. The van der Waals surface area contributed by atoms with E-state index in [1.807, 2.05) is 30.3 Å². The minimum absolute atomic E-state index is 0.00849. The lowest BCUT2D eigenvalue weighted by molar-refractivity contribution is -0.155. The number of hydrogen-bond acceptors (Lipinski definition) is 11. The Labute approximate surface area is 478 Å². The molecule has 1 aromatic heterocycles. The van der Waals surface area contributed by atoms with Gasteiger partial charge in [0.2, 0.25) is 35.4 Å². The number of carbonyl (C=O) groups is 9. The zero-order chi connectivity index (χ0) is 59.1. The Morgan fingerprint density at radius 2 is 1.55 bits per heavy atom. The Bertz CT molecular complexity index is 3260. The number of imide groups is 2. The Kier molecular flexibility index (Phi) is 19.3. The monoisotopic (exact) mass is 1170 g/mol. The molecule has 19 nitrogen and oxygen atoms in total. The van der Waals surface area contributed by atoms with Crippen molar-refractivity contribution in [3.63, 3.8) is 0 Å². The maximum atomic E-state index is 14.9. The van der Waals surface area contributed by atoms with Crippen molar-refractivity contribution in [1.82, 2.24) is 35.6 Å². The number of alkyl halides is 2. The molecule has 8 rings (SSSR count). The number of halogens is 2. The van der Waals surface area contributed by atoms with E-state index in [1.165, 1.54) is 28.0 Å². The molecular weight excluding hydrogens is 1100 g/mol. The maximum absolute atomic E-state index is 14.9. The van der Waals surface area contributed by atoms with Crippen LogP contribution in [0.2, 0.25) is 0 Å². The zero-order valence-corrected chi connectivity index (χ0v) is 47.8. The fourth-order valence-corrected chi connectivity index (χ4v) is 12.4. The molecular formula is C59H68F2N7O12PS. The number of fused-ring (bicyclic) bond motifs is 2. The van der Waals surface area contributed by atoms with Crippen LogP contribution in [0.3, 0.4) is 0 Å². The summed E-state index contributed by atoms with van der Waals surface area (Å²) >= 11 is 0.938. The molecule has 4 atom stereocenters. The summed E-state index contributed by atoms with van der Waals surface area (Å²) in [7, 11) is -5.86. The van der Waals surface area contributed by atoms with E-state index < -0.39 is 96.0 Å². The molecule has 1 unspecified atom stereocenters. The first-order valence-corrected chi connectivity index (χ1v) is 30.2. The number of piperidine rings is 2. The highest BCUT2D eigenvalue weighted by Gasteiger charge is 2.51. The number of carbonyl (C=O) groups excluding carboxylic acids is 9.